The highest BCUT2D eigenvalue weighted by atomic mass is 16.2. The summed E-state index contributed by atoms with van der Waals surface area (Å²) >= 11 is 0. The van der Waals surface area contributed by atoms with Gasteiger partial charge in [-0.05, 0) is 25.3 Å². The Hall–Kier alpha value is -0.610. The zero-order chi connectivity index (χ0) is 14.0. The van der Waals surface area contributed by atoms with Gasteiger partial charge in [0.25, 0.3) is 0 Å². The number of likely N-dealkylation sites (N-methyl/N-ethyl adjacent to an activating group) is 1. The van der Waals surface area contributed by atoms with Crippen molar-refractivity contribution in [2.75, 3.05) is 26.7 Å². The van der Waals surface area contributed by atoms with Crippen molar-refractivity contribution in [3.05, 3.63) is 0 Å². The molecule has 0 aromatic carbocycles. The normalized spacial score (nSPS) is 30.4. The molecule has 2 aliphatic rings. The van der Waals surface area contributed by atoms with Crippen LogP contribution in [0.1, 0.15) is 46.0 Å². The highest BCUT2D eigenvalue weighted by Gasteiger charge is 2.40. The first-order valence-corrected chi connectivity index (χ1v) is 7.65. The van der Waals surface area contributed by atoms with Crippen molar-refractivity contribution in [3.8, 4) is 0 Å². The van der Waals surface area contributed by atoms with Crippen LogP contribution in [0.15, 0.2) is 0 Å². The van der Waals surface area contributed by atoms with Gasteiger partial charge in [0.2, 0.25) is 5.91 Å². The summed E-state index contributed by atoms with van der Waals surface area (Å²) in [6.07, 6.45) is 6.18. The first-order valence-electron chi connectivity index (χ1n) is 7.65. The van der Waals surface area contributed by atoms with Crippen LogP contribution in [0.5, 0.6) is 0 Å². The van der Waals surface area contributed by atoms with Crippen LogP contribution in [0.25, 0.3) is 0 Å². The van der Waals surface area contributed by atoms with Gasteiger partial charge in [-0.3, -0.25) is 9.69 Å². The lowest BCUT2D eigenvalue weighted by molar-refractivity contribution is -0.138. The molecule has 2 fully saturated rings. The molecule has 110 valence electrons. The van der Waals surface area contributed by atoms with Crippen molar-refractivity contribution >= 4 is 5.91 Å². The van der Waals surface area contributed by atoms with Crippen molar-refractivity contribution in [1.82, 2.24) is 9.80 Å². The Bertz CT molecular complexity index is 323. The summed E-state index contributed by atoms with van der Waals surface area (Å²) in [5.74, 6) is 0.252. The van der Waals surface area contributed by atoms with E-state index in [0.29, 0.717) is 12.6 Å². The van der Waals surface area contributed by atoms with E-state index in [9.17, 15) is 4.79 Å². The molecule has 1 aliphatic carbocycles. The van der Waals surface area contributed by atoms with E-state index < -0.39 is 0 Å². The van der Waals surface area contributed by atoms with Gasteiger partial charge in [0.15, 0.2) is 0 Å². The lowest BCUT2D eigenvalue weighted by Crippen LogP contribution is -2.51. The quantitative estimate of drug-likeness (QED) is 0.824. The van der Waals surface area contributed by atoms with Crippen molar-refractivity contribution in [1.29, 1.82) is 0 Å². The monoisotopic (exact) mass is 267 g/mol. The second-order valence-corrected chi connectivity index (χ2v) is 7.09. The smallest absolute Gasteiger partial charge is 0.241 e. The summed E-state index contributed by atoms with van der Waals surface area (Å²) in [5.41, 5.74) is 5.99. The highest BCUT2D eigenvalue weighted by Crippen LogP contribution is 2.30. The van der Waals surface area contributed by atoms with Crippen LogP contribution in [0, 0.1) is 5.41 Å². The van der Waals surface area contributed by atoms with Gasteiger partial charge in [0, 0.05) is 25.7 Å². The maximum absolute atomic E-state index is 12.8. The minimum absolute atomic E-state index is 0.135. The molecule has 19 heavy (non-hydrogen) atoms. The molecule has 0 aromatic heterocycles. The van der Waals surface area contributed by atoms with Crippen molar-refractivity contribution in [2.24, 2.45) is 11.1 Å². The van der Waals surface area contributed by atoms with E-state index >= 15 is 0 Å². The molecule has 0 bridgehead atoms. The van der Waals surface area contributed by atoms with Gasteiger partial charge in [0.1, 0.15) is 6.04 Å². The van der Waals surface area contributed by atoms with Gasteiger partial charge in [-0.15, -0.1) is 0 Å². The largest absolute Gasteiger partial charge is 0.338 e. The molecular weight excluding hydrogens is 238 g/mol. The van der Waals surface area contributed by atoms with Crippen LogP contribution in [0.2, 0.25) is 0 Å². The van der Waals surface area contributed by atoms with Crippen molar-refractivity contribution in [3.63, 3.8) is 0 Å². The molecule has 4 nitrogen and oxygen atoms in total. The van der Waals surface area contributed by atoms with Crippen LogP contribution in [-0.4, -0.2) is 54.5 Å². The Morgan fingerprint density at radius 1 is 1.21 bits per heavy atom. The zero-order valence-corrected chi connectivity index (χ0v) is 12.7. The molecule has 1 atom stereocenters. The summed E-state index contributed by atoms with van der Waals surface area (Å²) in [5, 5.41) is 0. The summed E-state index contributed by atoms with van der Waals surface area (Å²) in [6.45, 7) is 6.74. The third-order valence-corrected chi connectivity index (χ3v) is 4.61. The lowest BCUT2D eigenvalue weighted by atomic mass is 9.89. The van der Waals surface area contributed by atoms with Crippen LogP contribution in [0.3, 0.4) is 0 Å². The third-order valence-electron chi connectivity index (χ3n) is 4.61. The fourth-order valence-electron chi connectivity index (χ4n) is 3.74. The minimum Gasteiger partial charge on any atom is -0.338 e. The molecule has 4 heteroatoms. The van der Waals surface area contributed by atoms with Crippen LogP contribution in [0.4, 0.5) is 0 Å². The van der Waals surface area contributed by atoms with Crippen molar-refractivity contribution in [2.45, 2.75) is 58.0 Å². The minimum atomic E-state index is -0.135. The number of hydrogen-bond donors (Lipinski definition) is 1. The number of nitrogens with two attached hydrogens (primary N) is 1. The maximum Gasteiger partial charge on any atom is 0.241 e. The number of carbonyl (C=O) groups is 1. The number of hydrogen-bond acceptors (Lipinski definition) is 3. The van der Waals surface area contributed by atoms with E-state index in [2.05, 4.69) is 23.6 Å². The predicted octanol–water partition coefficient (Wildman–Crippen LogP) is 1.45. The van der Waals surface area contributed by atoms with E-state index in [4.69, 9.17) is 5.73 Å². The number of carbonyl (C=O) groups excluding carboxylic acids is 1. The molecule has 1 amide bonds. The van der Waals surface area contributed by atoms with Crippen LogP contribution >= 0.6 is 0 Å². The Morgan fingerprint density at radius 3 is 2.42 bits per heavy atom. The number of nitrogens with zero attached hydrogens (tertiary/aromatic N) is 2. The Labute approximate surface area is 117 Å². The molecule has 1 unspecified atom stereocenters. The van der Waals surface area contributed by atoms with Gasteiger partial charge >= 0.3 is 0 Å². The number of amides is 1. The third kappa shape index (κ3) is 3.29. The topological polar surface area (TPSA) is 49.6 Å². The van der Waals surface area contributed by atoms with Crippen LogP contribution < -0.4 is 5.73 Å². The van der Waals surface area contributed by atoms with E-state index in [1.165, 1.54) is 32.1 Å². The van der Waals surface area contributed by atoms with E-state index in [1.807, 2.05) is 7.05 Å². The fraction of sp³-hybridized carbons (Fsp3) is 0.933. The summed E-state index contributed by atoms with van der Waals surface area (Å²) in [4.78, 5) is 17.1. The van der Waals surface area contributed by atoms with Gasteiger partial charge in [-0.25, -0.2) is 0 Å². The second-order valence-electron chi connectivity index (χ2n) is 7.09. The van der Waals surface area contributed by atoms with Gasteiger partial charge in [-0.2, -0.15) is 0 Å². The summed E-state index contributed by atoms with van der Waals surface area (Å²) < 4.78 is 0. The molecule has 0 radical (unpaired) electrons. The highest BCUT2D eigenvalue weighted by molar-refractivity contribution is 5.83. The Balaban J connectivity index is 2.20. The molecule has 1 heterocycles. The SMILES string of the molecule is CN1CC(C)(C)CN(C2CCCCC2)C(=O)C1CN. The summed E-state index contributed by atoms with van der Waals surface area (Å²) in [6, 6.07) is 0.310. The standard InChI is InChI=1S/C15H29N3O/c1-15(2)10-17(3)13(9-16)14(19)18(11-15)12-7-5-4-6-8-12/h12-13H,4-11,16H2,1-3H3. The lowest BCUT2D eigenvalue weighted by Gasteiger charge is -2.38. The Morgan fingerprint density at radius 2 is 1.84 bits per heavy atom. The van der Waals surface area contributed by atoms with Crippen LogP contribution in [-0.2, 0) is 4.79 Å². The first-order chi connectivity index (χ1) is 8.94. The van der Waals surface area contributed by atoms with Crippen molar-refractivity contribution < 1.29 is 4.79 Å². The zero-order valence-electron chi connectivity index (χ0n) is 12.7. The van der Waals surface area contributed by atoms with E-state index in [1.54, 1.807) is 0 Å². The molecular formula is C15H29N3O. The summed E-state index contributed by atoms with van der Waals surface area (Å²) in [7, 11) is 2.03. The molecule has 1 aliphatic heterocycles. The van der Waals surface area contributed by atoms with E-state index in [0.717, 1.165) is 13.1 Å². The van der Waals surface area contributed by atoms with Gasteiger partial charge in [0.05, 0.1) is 0 Å². The molecule has 2 rings (SSSR count). The number of rotatable bonds is 2. The predicted molar refractivity (Wildman–Crippen MR) is 77.8 cm³/mol. The Kier molecular flexibility index (Phi) is 4.51. The average molecular weight is 267 g/mol. The second kappa shape index (κ2) is 5.80. The molecule has 1 saturated carbocycles. The molecule has 1 saturated heterocycles. The van der Waals surface area contributed by atoms with Gasteiger partial charge < -0.3 is 10.6 Å². The average Bonchev–Trinajstić information content (AvgIpc) is 2.45. The molecule has 0 aromatic rings. The fourth-order valence-corrected chi connectivity index (χ4v) is 3.74. The van der Waals surface area contributed by atoms with Gasteiger partial charge in [-0.1, -0.05) is 33.1 Å². The maximum atomic E-state index is 12.8. The first kappa shape index (κ1) is 14.8. The molecule has 0 spiro atoms. The van der Waals surface area contributed by atoms with E-state index in [-0.39, 0.29) is 17.4 Å². The molecule has 2 N–H and O–H groups in total.